The SMILES string of the molecule is COc1ccc(C(=O)NCc2ccccc2C)cc1[N+](=O)[O-]. The fourth-order valence-corrected chi connectivity index (χ4v) is 2.06. The average Bonchev–Trinajstić information content (AvgIpc) is 2.53. The Labute approximate surface area is 127 Å². The molecule has 0 aliphatic heterocycles. The van der Waals surface area contributed by atoms with Crippen LogP contribution in [-0.4, -0.2) is 17.9 Å². The van der Waals surface area contributed by atoms with Gasteiger partial charge in [-0.25, -0.2) is 0 Å². The van der Waals surface area contributed by atoms with Gasteiger partial charge in [0, 0.05) is 18.2 Å². The zero-order valence-electron chi connectivity index (χ0n) is 12.3. The van der Waals surface area contributed by atoms with E-state index < -0.39 is 4.92 Å². The highest BCUT2D eigenvalue weighted by Gasteiger charge is 2.18. The zero-order valence-corrected chi connectivity index (χ0v) is 12.3. The van der Waals surface area contributed by atoms with E-state index in [1.165, 1.54) is 25.3 Å². The monoisotopic (exact) mass is 300 g/mol. The van der Waals surface area contributed by atoms with Crippen LogP contribution in [0.25, 0.3) is 0 Å². The van der Waals surface area contributed by atoms with Crippen molar-refractivity contribution in [2.75, 3.05) is 7.11 Å². The summed E-state index contributed by atoms with van der Waals surface area (Å²) < 4.78 is 4.91. The quantitative estimate of drug-likeness (QED) is 0.680. The molecule has 1 N–H and O–H groups in total. The third-order valence-electron chi connectivity index (χ3n) is 3.34. The molecule has 0 saturated heterocycles. The molecule has 2 rings (SSSR count). The summed E-state index contributed by atoms with van der Waals surface area (Å²) in [6.07, 6.45) is 0. The van der Waals surface area contributed by atoms with Crippen LogP contribution in [0.4, 0.5) is 5.69 Å². The van der Waals surface area contributed by atoms with E-state index >= 15 is 0 Å². The number of hydrogen-bond donors (Lipinski definition) is 1. The molecule has 0 spiro atoms. The van der Waals surface area contributed by atoms with Crippen LogP contribution in [-0.2, 0) is 6.54 Å². The highest BCUT2D eigenvalue weighted by atomic mass is 16.6. The Morgan fingerprint density at radius 1 is 1.27 bits per heavy atom. The van der Waals surface area contributed by atoms with Gasteiger partial charge in [-0.05, 0) is 30.2 Å². The fourth-order valence-electron chi connectivity index (χ4n) is 2.06. The average molecular weight is 300 g/mol. The molecule has 0 bridgehead atoms. The first-order valence-corrected chi connectivity index (χ1v) is 6.68. The number of nitro benzene ring substituents is 1. The van der Waals surface area contributed by atoms with Crippen molar-refractivity contribution in [3.05, 3.63) is 69.3 Å². The van der Waals surface area contributed by atoms with Crippen molar-refractivity contribution in [2.45, 2.75) is 13.5 Å². The van der Waals surface area contributed by atoms with Crippen LogP contribution in [0.2, 0.25) is 0 Å². The van der Waals surface area contributed by atoms with Crippen LogP contribution in [0.3, 0.4) is 0 Å². The third-order valence-corrected chi connectivity index (χ3v) is 3.34. The molecule has 0 saturated carbocycles. The third kappa shape index (κ3) is 3.41. The van der Waals surface area contributed by atoms with E-state index in [4.69, 9.17) is 4.74 Å². The number of carbonyl (C=O) groups is 1. The van der Waals surface area contributed by atoms with Crippen LogP contribution < -0.4 is 10.1 Å². The van der Waals surface area contributed by atoms with E-state index in [-0.39, 0.29) is 22.9 Å². The minimum atomic E-state index is -0.572. The minimum Gasteiger partial charge on any atom is -0.490 e. The van der Waals surface area contributed by atoms with E-state index in [2.05, 4.69) is 5.32 Å². The summed E-state index contributed by atoms with van der Waals surface area (Å²) in [7, 11) is 1.35. The second-order valence-corrected chi connectivity index (χ2v) is 4.75. The van der Waals surface area contributed by atoms with Crippen LogP contribution in [0.1, 0.15) is 21.5 Å². The molecule has 2 aromatic rings. The predicted octanol–water partition coefficient (Wildman–Crippen LogP) is 2.84. The number of nitrogens with zero attached hydrogens (tertiary/aromatic N) is 1. The number of amides is 1. The predicted molar refractivity (Wildman–Crippen MR) is 82.0 cm³/mol. The van der Waals surface area contributed by atoms with Gasteiger partial charge in [0.15, 0.2) is 5.75 Å². The van der Waals surface area contributed by atoms with E-state index in [0.29, 0.717) is 6.54 Å². The normalized spacial score (nSPS) is 10.1. The molecular weight excluding hydrogens is 284 g/mol. The molecule has 0 unspecified atom stereocenters. The molecule has 0 aliphatic carbocycles. The Morgan fingerprint density at radius 3 is 2.64 bits per heavy atom. The Morgan fingerprint density at radius 2 is 2.00 bits per heavy atom. The smallest absolute Gasteiger partial charge is 0.311 e. The summed E-state index contributed by atoms with van der Waals surface area (Å²) >= 11 is 0. The largest absolute Gasteiger partial charge is 0.490 e. The van der Waals surface area contributed by atoms with Crippen LogP contribution >= 0.6 is 0 Å². The molecule has 2 aromatic carbocycles. The first kappa shape index (κ1) is 15.5. The van der Waals surface area contributed by atoms with E-state index in [0.717, 1.165) is 11.1 Å². The van der Waals surface area contributed by atoms with Gasteiger partial charge < -0.3 is 10.1 Å². The number of nitro groups is 1. The molecule has 22 heavy (non-hydrogen) atoms. The van der Waals surface area contributed by atoms with Crippen LogP contribution in [0.15, 0.2) is 42.5 Å². The van der Waals surface area contributed by atoms with Crippen molar-refractivity contribution >= 4 is 11.6 Å². The van der Waals surface area contributed by atoms with Crippen molar-refractivity contribution in [1.82, 2.24) is 5.32 Å². The lowest BCUT2D eigenvalue weighted by Gasteiger charge is -2.08. The van der Waals surface area contributed by atoms with Gasteiger partial charge in [0.05, 0.1) is 12.0 Å². The highest BCUT2D eigenvalue weighted by Crippen LogP contribution is 2.27. The van der Waals surface area contributed by atoms with Crippen molar-refractivity contribution in [3.8, 4) is 5.75 Å². The Kier molecular flexibility index (Phi) is 4.73. The van der Waals surface area contributed by atoms with E-state index in [9.17, 15) is 14.9 Å². The zero-order chi connectivity index (χ0) is 16.1. The van der Waals surface area contributed by atoms with Gasteiger partial charge >= 0.3 is 5.69 Å². The number of rotatable bonds is 5. The number of hydrogen-bond acceptors (Lipinski definition) is 4. The number of carbonyl (C=O) groups excluding carboxylic acids is 1. The number of aryl methyl sites for hydroxylation is 1. The summed E-state index contributed by atoms with van der Waals surface area (Å²) in [6.45, 7) is 2.32. The van der Waals surface area contributed by atoms with Crippen molar-refractivity contribution in [3.63, 3.8) is 0 Å². The molecule has 0 atom stereocenters. The molecule has 0 aromatic heterocycles. The standard InChI is InChI=1S/C16H16N2O4/c1-11-5-3-4-6-13(11)10-17-16(19)12-7-8-15(22-2)14(9-12)18(20)21/h3-9H,10H2,1-2H3,(H,17,19). The number of nitrogens with one attached hydrogen (secondary N) is 1. The van der Waals surface area contributed by atoms with Crippen LogP contribution in [0, 0.1) is 17.0 Å². The summed E-state index contributed by atoms with van der Waals surface area (Å²) in [5, 5.41) is 13.7. The first-order valence-electron chi connectivity index (χ1n) is 6.68. The molecule has 6 heteroatoms. The molecule has 6 nitrogen and oxygen atoms in total. The molecule has 1 amide bonds. The number of methoxy groups -OCH3 is 1. The van der Waals surface area contributed by atoms with Gasteiger partial charge in [-0.2, -0.15) is 0 Å². The number of ether oxygens (including phenoxy) is 1. The lowest BCUT2D eigenvalue weighted by atomic mass is 10.1. The molecule has 114 valence electrons. The first-order chi connectivity index (χ1) is 10.5. The fraction of sp³-hybridized carbons (Fsp3) is 0.188. The Hall–Kier alpha value is -2.89. The molecule has 0 radical (unpaired) electrons. The van der Waals surface area contributed by atoms with Gasteiger partial charge in [0.25, 0.3) is 5.91 Å². The summed E-state index contributed by atoms with van der Waals surface area (Å²) in [5.74, 6) is -0.241. The summed E-state index contributed by atoms with van der Waals surface area (Å²) in [5.41, 5.74) is 2.06. The van der Waals surface area contributed by atoms with Gasteiger partial charge in [-0.15, -0.1) is 0 Å². The van der Waals surface area contributed by atoms with Crippen molar-refractivity contribution < 1.29 is 14.5 Å². The Balaban J connectivity index is 2.15. The molecule has 0 aliphatic rings. The number of benzene rings is 2. The maximum atomic E-state index is 12.1. The van der Waals surface area contributed by atoms with Gasteiger partial charge in [0.1, 0.15) is 0 Å². The highest BCUT2D eigenvalue weighted by molar-refractivity contribution is 5.95. The van der Waals surface area contributed by atoms with E-state index in [1.807, 2.05) is 31.2 Å². The molecule has 0 heterocycles. The lowest BCUT2D eigenvalue weighted by Crippen LogP contribution is -2.23. The summed E-state index contributed by atoms with van der Waals surface area (Å²) in [4.78, 5) is 22.5. The van der Waals surface area contributed by atoms with E-state index in [1.54, 1.807) is 0 Å². The molecule has 0 fully saturated rings. The maximum Gasteiger partial charge on any atom is 0.311 e. The second kappa shape index (κ2) is 6.71. The van der Waals surface area contributed by atoms with Gasteiger partial charge in [0.2, 0.25) is 0 Å². The minimum absolute atomic E-state index is 0.125. The van der Waals surface area contributed by atoms with Crippen molar-refractivity contribution in [1.29, 1.82) is 0 Å². The second-order valence-electron chi connectivity index (χ2n) is 4.75. The maximum absolute atomic E-state index is 12.1. The van der Waals surface area contributed by atoms with Gasteiger partial charge in [-0.3, -0.25) is 14.9 Å². The topological polar surface area (TPSA) is 81.5 Å². The summed E-state index contributed by atoms with van der Waals surface area (Å²) in [6, 6.07) is 11.8. The van der Waals surface area contributed by atoms with Crippen molar-refractivity contribution in [2.24, 2.45) is 0 Å². The van der Waals surface area contributed by atoms with Gasteiger partial charge in [-0.1, -0.05) is 24.3 Å². The lowest BCUT2D eigenvalue weighted by molar-refractivity contribution is -0.385. The van der Waals surface area contributed by atoms with Crippen LogP contribution in [0.5, 0.6) is 5.75 Å². The Bertz CT molecular complexity index is 713. The molecular formula is C16H16N2O4.